The monoisotopic (exact) mass is 207 g/mol. The Hall–Kier alpha value is -1.42. The second-order valence-corrected chi connectivity index (χ2v) is 3.42. The van der Waals surface area contributed by atoms with Gasteiger partial charge in [-0.3, -0.25) is 9.78 Å². The Morgan fingerprint density at radius 2 is 2.07 bits per heavy atom. The molecule has 15 heavy (non-hydrogen) atoms. The van der Waals surface area contributed by atoms with Gasteiger partial charge in [0, 0.05) is 12.4 Å². The zero-order valence-corrected chi connectivity index (χ0v) is 8.78. The first-order valence-electron chi connectivity index (χ1n) is 5.21. The molecule has 1 aliphatic heterocycles. The molecule has 0 spiro atoms. The summed E-state index contributed by atoms with van der Waals surface area (Å²) in [4.78, 5) is 14.1. The van der Waals surface area contributed by atoms with E-state index in [2.05, 4.69) is 10.3 Å². The number of carbonyl (C=O) groups excluding carboxylic acids is 1. The smallest absolute Gasteiger partial charge is 0.250 e. The van der Waals surface area contributed by atoms with Crippen LogP contribution in [-0.4, -0.2) is 24.0 Å². The molecule has 4 nitrogen and oxygen atoms in total. The van der Waals surface area contributed by atoms with E-state index in [1.165, 1.54) is 38.5 Å². The predicted molar refractivity (Wildman–Crippen MR) is 59.5 cm³/mol. The fourth-order valence-corrected chi connectivity index (χ4v) is 1.31. The minimum Gasteiger partial charge on any atom is -0.366 e. The first-order valence-corrected chi connectivity index (χ1v) is 5.21. The number of nitrogens with one attached hydrogen (secondary N) is 1. The molecule has 82 valence electrons. The molecule has 0 radical (unpaired) electrons. The first-order chi connectivity index (χ1) is 7.30. The van der Waals surface area contributed by atoms with Gasteiger partial charge in [-0.1, -0.05) is 6.42 Å². The third-order valence-electron chi connectivity index (χ3n) is 2.15. The van der Waals surface area contributed by atoms with Gasteiger partial charge in [0.05, 0.1) is 5.56 Å². The highest BCUT2D eigenvalue weighted by atomic mass is 16.1. The molecule has 1 aliphatic rings. The lowest BCUT2D eigenvalue weighted by Crippen LogP contribution is -2.21. The maximum atomic E-state index is 10.4. The Bertz CT molecular complexity index is 272. The van der Waals surface area contributed by atoms with Gasteiger partial charge in [-0.2, -0.15) is 0 Å². The van der Waals surface area contributed by atoms with Gasteiger partial charge < -0.3 is 11.1 Å². The molecule has 3 N–H and O–H groups in total. The molecule has 1 saturated heterocycles. The second-order valence-electron chi connectivity index (χ2n) is 3.42. The lowest BCUT2D eigenvalue weighted by atomic mass is 10.2. The summed E-state index contributed by atoms with van der Waals surface area (Å²) in [5.74, 6) is -0.442. The fourth-order valence-electron chi connectivity index (χ4n) is 1.31. The molecule has 0 unspecified atom stereocenters. The Kier molecular flexibility index (Phi) is 5.40. The minimum atomic E-state index is -0.442. The maximum Gasteiger partial charge on any atom is 0.250 e. The van der Waals surface area contributed by atoms with Crippen LogP contribution in [0, 0.1) is 0 Å². The molecule has 1 amide bonds. The molecule has 0 aromatic carbocycles. The minimum absolute atomic E-state index is 0.442. The number of primary amides is 1. The van der Waals surface area contributed by atoms with Gasteiger partial charge in [-0.15, -0.1) is 0 Å². The number of aromatic nitrogens is 1. The van der Waals surface area contributed by atoms with E-state index in [0.717, 1.165) is 0 Å². The van der Waals surface area contributed by atoms with Crippen molar-refractivity contribution in [3.63, 3.8) is 0 Å². The fraction of sp³-hybridized carbons (Fsp3) is 0.455. The summed E-state index contributed by atoms with van der Waals surface area (Å²) in [6, 6.07) is 3.29. The van der Waals surface area contributed by atoms with Gasteiger partial charge in [0.2, 0.25) is 5.91 Å². The normalized spacial score (nSPS) is 14.9. The molecule has 0 bridgehead atoms. The van der Waals surface area contributed by atoms with E-state index < -0.39 is 5.91 Å². The van der Waals surface area contributed by atoms with E-state index in [4.69, 9.17) is 5.73 Å². The topological polar surface area (TPSA) is 68.0 Å². The van der Waals surface area contributed by atoms with Crippen LogP contribution in [0.4, 0.5) is 0 Å². The summed E-state index contributed by atoms with van der Waals surface area (Å²) in [5.41, 5.74) is 5.38. The quantitative estimate of drug-likeness (QED) is 0.720. The highest BCUT2D eigenvalue weighted by molar-refractivity contribution is 5.92. The summed E-state index contributed by atoms with van der Waals surface area (Å²) in [5, 5.41) is 3.28. The number of rotatable bonds is 1. The van der Waals surface area contributed by atoms with Crippen LogP contribution in [-0.2, 0) is 0 Å². The molecule has 2 rings (SSSR count). The zero-order chi connectivity index (χ0) is 10.9. The van der Waals surface area contributed by atoms with E-state index in [1.807, 2.05) is 0 Å². The Morgan fingerprint density at radius 3 is 2.33 bits per heavy atom. The van der Waals surface area contributed by atoms with E-state index >= 15 is 0 Å². The van der Waals surface area contributed by atoms with Crippen LogP contribution < -0.4 is 11.1 Å². The molecule has 2 heterocycles. The number of hydrogen-bond donors (Lipinski definition) is 2. The highest BCUT2D eigenvalue weighted by Gasteiger charge is 1.95. The molecular formula is C11H17N3O. The van der Waals surface area contributed by atoms with Crippen LogP contribution in [0.5, 0.6) is 0 Å². The van der Waals surface area contributed by atoms with Gasteiger partial charge >= 0.3 is 0 Å². The van der Waals surface area contributed by atoms with Gasteiger partial charge in [0.25, 0.3) is 0 Å². The molecule has 1 aromatic rings. The van der Waals surface area contributed by atoms with E-state index in [9.17, 15) is 4.79 Å². The molecule has 0 aliphatic carbocycles. The predicted octanol–water partition coefficient (Wildman–Crippen LogP) is 0.940. The molecule has 4 heteroatoms. The van der Waals surface area contributed by atoms with Crippen molar-refractivity contribution in [2.45, 2.75) is 19.3 Å². The first kappa shape index (κ1) is 11.7. The molecular weight excluding hydrogens is 190 g/mol. The van der Waals surface area contributed by atoms with Crippen molar-refractivity contribution in [3.05, 3.63) is 30.1 Å². The number of amides is 1. The van der Waals surface area contributed by atoms with E-state index in [0.29, 0.717) is 5.56 Å². The molecule has 1 fully saturated rings. The van der Waals surface area contributed by atoms with E-state index in [-0.39, 0.29) is 0 Å². The van der Waals surface area contributed by atoms with Crippen molar-refractivity contribution < 1.29 is 4.79 Å². The number of nitrogens with two attached hydrogens (primary N) is 1. The molecule has 0 saturated carbocycles. The van der Waals surface area contributed by atoms with Crippen molar-refractivity contribution >= 4 is 5.91 Å². The number of carbonyl (C=O) groups is 1. The van der Waals surface area contributed by atoms with Crippen molar-refractivity contribution in [2.24, 2.45) is 5.73 Å². The number of nitrogens with zero attached hydrogens (tertiary/aromatic N) is 1. The Balaban J connectivity index is 0.000000162. The third-order valence-corrected chi connectivity index (χ3v) is 2.15. The van der Waals surface area contributed by atoms with Gasteiger partial charge in [-0.05, 0) is 38.1 Å². The summed E-state index contributed by atoms with van der Waals surface area (Å²) in [6.45, 7) is 2.50. The molecule has 0 atom stereocenters. The lowest BCUT2D eigenvalue weighted by Gasteiger charge is -2.08. The maximum absolute atomic E-state index is 10.4. The van der Waals surface area contributed by atoms with Crippen LogP contribution in [0.15, 0.2) is 24.5 Å². The number of hydrogen-bond acceptors (Lipinski definition) is 3. The largest absolute Gasteiger partial charge is 0.366 e. The van der Waals surface area contributed by atoms with Crippen LogP contribution in [0.2, 0.25) is 0 Å². The SMILES string of the molecule is C1CCNCC1.NC(=O)c1cccnc1. The van der Waals surface area contributed by atoms with Crippen molar-refractivity contribution in [3.8, 4) is 0 Å². The number of piperidine rings is 1. The van der Waals surface area contributed by atoms with Crippen molar-refractivity contribution in [1.82, 2.24) is 10.3 Å². The Labute approximate surface area is 89.9 Å². The van der Waals surface area contributed by atoms with Crippen LogP contribution in [0.25, 0.3) is 0 Å². The van der Waals surface area contributed by atoms with Crippen LogP contribution in [0.3, 0.4) is 0 Å². The average Bonchev–Trinajstić information content (AvgIpc) is 2.33. The van der Waals surface area contributed by atoms with E-state index in [1.54, 1.807) is 18.3 Å². The van der Waals surface area contributed by atoms with Gasteiger partial charge in [-0.25, -0.2) is 0 Å². The lowest BCUT2D eigenvalue weighted by molar-refractivity contribution is 0.1000. The number of pyridine rings is 1. The summed E-state index contributed by atoms with van der Waals surface area (Å²) >= 11 is 0. The molecule has 1 aromatic heterocycles. The van der Waals surface area contributed by atoms with Gasteiger partial charge in [0.15, 0.2) is 0 Å². The van der Waals surface area contributed by atoms with Gasteiger partial charge in [0.1, 0.15) is 0 Å². The summed E-state index contributed by atoms with van der Waals surface area (Å²) < 4.78 is 0. The van der Waals surface area contributed by atoms with Crippen LogP contribution >= 0.6 is 0 Å². The third kappa shape index (κ3) is 5.12. The summed E-state index contributed by atoms with van der Waals surface area (Å²) in [6.07, 6.45) is 7.24. The second kappa shape index (κ2) is 6.95. The standard InChI is InChI=1S/C6H6N2O.C5H11N/c7-6(9)5-2-1-3-8-4-5;1-2-4-6-5-3-1/h1-4H,(H2,7,9);6H,1-5H2. The highest BCUT2D eigenvalue weighted by Crippen LogP contribution is 1.96. The summed E-state index contributed by atoms with van der Waals surface area (Å²) in [7, 11) is 0. The van der Waals surface area contributed by atoms with Crippen molar-refractivity contribution in [2.75, 3.05) is 13.1 Å². The van der Waals surface area contributed by atoms with Crippen LogP contribution in [0.1, 0.15) is 29.6 Å². The van der Waals surface area contributed by atoms with Crippen molar-refractivity contribution in [1.29, 1.82) is 0 Å². The Morgan fingerprint density at radius 1 is 1.33 bits per heavy atom. The average molecular weight is 207 g/mol. The zero-order valence-electron chi connectivity index (χ0n) is 8.78.